The number of hydrogen-bond acceptors (Lipinski definition) is 4. The first kappa shape index (κ1) is 19.5. The largest absolute Gasteiger partial charge is 0.493 e. The highest BCUT2D eigenvalue weighted by Gasteiger charge is 2.14. The molecule has 5 nitrogen and oxygen atoms in total. The zero-order valence-electron chi connectivity index (χ0n) is 13.3. The van der Waals surface area contributed by atoms with Gasteiger partial charge in [-0.1, -0.05) is 17.7 Å². The van der Waals surface area contributed by atoms with Crippen LogP contribution in [0.3, 0.4) is 0 Å². The van der Waals surface area contributed by atoms with Gasteiger partial charge in [-0.2, -0.15) is 0 Å². The van der Waals surface area contributed by atoms with Crippen LogP contribution in [0.1, 0.15) is 11.1 Å². The number of hydrogen-bond donors (Lipinski definition) is 2. The van der Waals surface area contributed by atoms with E-state index >= 15 is 0 Å². The number of halogens is 3. The molecule has 0 saturated carbocycles. The Morgan fingerprint density at radius 3 is 2.80 bits per heavy atom. The Hall–Kier alpha value is -1.83. The maximum atomic E-state index is 13.8. The van der Waals surface area contributed by atoms with Crippen LogP contribution in [0.2, 0.25) is 5.02 Å². The standard InChI is InChI=1S/C17H16BrClFNO4/c1-24-15-6-10(7-21-8-16(22)23)5-12(18)17(15)25-9-11-13(19)3-2-4-14(11)20/h2-6,21H,7-9H2,1H3,(H,22,23). The van der Waals surface area contributed by atoms with Crippen molar-refractivity contribution in [1.82, 2.24) is 5.32 Å². The van der Waals surface area contributed by atoms with Gasteiger partial charge in [0.25, 0.3) is 0 Å². The number of aliphatic carboxylic acids is 1. The van der Waals surface area contributed by atoms with Gasteiger partial charge in [0.05, 0.1) is 23.1 Å². The van der Waals surface area contributed by atoms with Crippen molar-refractivity contribution in [1.29, 1.82) is 0 Å². The fraction of sp³-hybridized carbons (Fsp3) is 0.235. The first-order valence-electron chi connectivity index (χ1n) is 7.27. The van der Waals surface area contributed by atoms with E-state index in [4.69, 9.17) is 26.2 Å². The van der Waals surface area contributed by atoms with Crippen molar-refractivity contribution >= 4 is 33.5 Å². The second-order valence-corrected chi connectivity index (χ2v) is 6.36. The summed E-state index contributed by atoms with van der Waals surface area (Å²) in [5.41, 5.74) is 1.06. The molecule has 0 aliphatic carbocycles. The van der Waals surface area contributed by atoms with Crippen molar-refractivity contribution < 1.29 is 23.8 Å². The number of ether oxygens (including phenoxy) is 2. The molecule has 2 aromatic rings. The van der Waals surface area contributed by atoms with Crippen LogP contribution in [0.5, 0.6) is 11.5 Å². The second kappa shape index (κ2) is 9.03. The molecule has 0 amide bonds. The summed E-state index contributed by atoms with van der Waals surface area (Å²) in [5, 5.41) is 11.7. The van der Waals surface area contributed by atoms with Crippen LogP contribution in [0.25, 0.3) is 0 Å². The summed E-state index contributed by atoms with van der Waals surface area (Å²) in [7, 11) is 1.49. The third-order valence-corrected chi connectivity index (χ3v) is 4.26. The Balaban J connectivity index is 2.16. The van der Waals surface area contributed by atoms with E-state index in [1.807, 2.05) is 0 Å². The van der Waals surface area contributed by atoms with Gasteiger partial charge < -0.3 is 19.9 Å². The molecule has 2 aromatic carbocycles. The quantitative estimate of drug-likeness (QED) is 0.660. The van der Waals surface area contributed by atoms with Crippen LogP contribution >= 0.6 is 27.5 Å². The van der Waals surface area contributed by atoms with E-state index in [1.54, 1.807) is 18.2 Å². The number of methoxy groups -OCH3 is 1. The van der Waals surface area contributed by atoms with Gasteiger partial charge in [0.1, 0.15) is 12.4 Å². The van der Waals surface area contributed by atoms with Crippen molar-refractivity contribution in [3.8, 4) is 11.5 Å². The number of carbonyl (C=O) groups is 1. The van der Waals surface area contributed by atoms with Gasteiger partial charge in [0.15, 0.2) is 11.5 Å². The minimum absolute atomic E-state index is 0.0585. The molecule has 2 N–H and O–H groups in total. The van der Waals surface area contributed by atoms with Gasteiger partial charge >= 0.3 is 5.97 Å². The van der Waals surface area contributed by atoms with Crippen LogP contribution in [0, 0.1) is 5.82 Å². The second-order valence-electron chi connectivity index (χ2n) is 5.10. The third kappa shape index (κ3) is 5.32. The van der Waals surface area contributed by atoms with Crippen LogP contribution in [-0.2, 0) is 17.9 Å². The highest BCUT2D eigenvalue weighted by molar-refractivity contribution is 9.10. The van der Waals surface area contributed by atoms with Gasteiger partial charge in [-0.05, 0) is 45.8 Å². The Kier molecular flexibility index (Phi) is 7.04. The Morgan fingerprint density at radius 1 is 1.40 bits per heavy atom. The third-order valence-electron chi connectivity index (χ3n) is 3.32. The molecule has 8 heteroatoms. The zero-order chi connectivity index (χ0) is 18.4. The van der Waals surface area contributed by atoms with Crippen molar-refractivity contribution in [3.05, 3.63) is 56.8 Å². The molecule has 0 bridgehead atoms. The molecular weight excluding hydrogens is 417 g/mol. The first-order chi connectivity index (χ1) is 11.9. The van der Waals surface area contributed by atoms with E-state index < -0.39 is 11.8 Å². The van der Waals surface area contributed by atoms with E-state index in [-0.39, 0.29) is 23.7 Å². The molecule has 0 aromatic heterocycles. The molecular formula is C17H16BrClFNO4. The van der Waals surface area contributed by atoms with Crippen LogP contribution in [0.15, 0.2) is 34.8 Å². The predicted octanol–water partition coefficient (Wildman–Crippen LogP) is 4.00. The van der Waals surface area contributed by atoms with Gasteiger partial charge in [-0.3, -0.25) is 4.79 Å². The number of nitrogens with one attached hydrogen (secondary N) is 1. The molecule has 0 saturated heterocycles. The van der Waals surface area contributed by atoms with Crippen molar-refractivity contribution in [3.63, 3.8) is 0 Å². The molecule has 134 valence electrons. The fourth-order valence-corrected chi connectivity index (χ4v) is 2.97. The van der Waals surface area contributed by atoms with Crippen LogP contribution in [-0.4, -0.2) is 24.7 Å². The minimum Gasteiger partial charge on any atom is -0.493 e. The number of rotatable bonds is 8. The molecule has 0 atom stereocenters. The molecule has 0 spiro atoms. The maximum Gasteiger partial charge on any atom is 0.317 e. The Bertz CT molecular complexity index is 752. The fourth-order valence-electron chi connectivity index (χ4n) is 2.14. The summed E-state index contributed by atoms with van der Waals surface area (Å²) in [6.45, 7) is 0.141. The lowest BCUT2D eigenvalue weighted by Gasteiger charge is -2.15. The molecule has 0 aliphatic heterocycles. The average molecular weight is 433 g/mol. The van der Waals surface area contributed by atoms with Gasteiger partial charge in [0, 0.05) is 12.1 Å². The van der Waals surface area contributed by atoms with Gasteiger partial charge in [0.2, 0.25) is 0 Å². The molecule has 25 heavy (non-hydrogen) atoms. The van der Waals surface area contributed by atoms with E-state index in [1.165, 1.54) is 19.2 Å². The lowest BCUT2D eigenvalue weighted by Crippen LogP contribution is -2.21. The molecule has 0 radical (unpaired) electrons. The monoisotopic (exact) mass is 431 g/mol. The minimum atomic E-state index is -0.937. The molecule has 0 heterocycles. The topological polar surface area (TPSA) is 67.8 Å². The van der Waals surface area contributed by atoms with E-state index in [0.29, 0.717) is 22.5 Å². The van der Waals surface area contributed by atoms with E-state index in [2.05, 4.69) is 21.2 Å². The number of carboxylic acid groups (broad SMARTS) is 1. The molecule has 0 aliphatic rings. The lowest BCUT2D eigenvalue weighted by molar-refractivity contribution is -0.135. The van der Waals surface area contributed by atoms with Crippen molar-refractivity contribution in [2.45, 2.75) is 13.2 Å². The van der Waals surface area contributed by atoms with Crippen LogP contribution in [0.4, 0.5) is 4.39 Å². The van der Waals surface area contributed by atoms with Crippen molar-refractivity contribution in [2.24, 2.45) is 0 Å². The van der Waals surface area contributed by atoms with E-state index in [9.17, 15) is 9.18 Å². The summed E-state index contributed by atoms with van der Waals surface area (Å²) in [4.78, 5) is 10.6. The molecule has 0 fully saturated rings. The SMILES string of the molecule is COc1cc(CNCC(=O)O)cc(Br)c1OCc1c(F)cccc1Cl. The highest BCUT2D eigenvalue weighted by Crippen LogP contribution is 2.37. The maximum absolute atomic E-state index is 13.8. The van der Waals surface area contributed by atoms with Gasteiger partial charge in [-0.25, -0.2) is 4.39 Å². The highest BCUT2D eigenvalue weighted by atomic mass is 79.9. The summed E-state index contributed by atoms with van der Waals surface area (Å²) in [5.74, 6) is -0.539. The summed E-state index contributed by atoms with van der Waals surface area (Å²) >= 11 is 9.39. The Labute approximate surface area is 157 Å². The number of carboxylic acids is 1. The number of benzene rings is 2. The first-order valence-corrected chi connectivity index (χ1v) is 8.44. The normalized spacial score (nSPS) is 10.6. The van der Waals surface area contributed by atoms with E-state index in [0.717, 1.165) is 5.56 Å². The van der Waals surface area contributed by atoms with Crippen molar-refractivity contribution in [2.75, 3.05) is 13.7 Å². The van der Waals surface area contributed by atoms with Gasteiger partial charge in [-0.15, -0.1) is 0 Å². The summed E-state index contributed by atoms with van der Waals surface area (Å²) < 4.78 is 25.5. The molecule has 0 unspecified atom stereocenters. The Morgan fingerprint density at radius 2 is 2.16 bits per heavy atom. The zero-order valence-corrected chi connectivity index (χ0v) is 15.7. The summed E-state index contributed by atoms with van der Waals surface area (Å²) in [6, 6.07) is 7.92. The lowest BCUT2D eigenvalue weighted by atomic mass is 10.2. The summed E-state index contributed by atoms with van der Waals surface area (Å²) in [6.07, 6.45) is 0. The molecule has 2 rings (SSSR count). The average Bonchev–Trinajstić information content (AvgIpc) is 2.55. The smallest absolute Gasteiger partial charge is 0.317 e. The predicted molar refractivity (Wildman–Crippen MR) is 95.8 cm³/mol. The van der Waals surface area contributed by atoms with Crippen LogP contribution < -0.4 is 14.8 Å².